The fourth-order valence-corrected chi connectivity index (χ4v) is 3.35. The van der Waals surface area contributed by atoms with Crippen LogP contribution in [0.5, 0.6) is 0 Å². The predicted molar refractivity (Wildman–Crippen MR) is 95.2 cm³/mol. The summed E-state index contributed by atoms with van der Waals surface area (Å²) in [5.74, 6) is 1.24. The van der Waals surface area contributed by atoms with Crippen molar-refractivity contribution in [1.29, 1.82) is 0 Å². The summed E-state index contributed by atoms with van der Waals surface area (Å²) in [6.07, 6.45) is 2.06. The van der Waals surface area contributed by atoms with Gasteiger partial charge in [0.25, 0.3) is 5.78 Å². The number of nitrogens with zero attached hydrogens (tertiary/aromatic N) is 5. The van der Waals surface area contributed by atoms with Crippen molar-refractivity contribution in [3.8, 4) is 11.4 Å². The lowest BCUT2D eigenvalue weighted by Crippen LogP contribution is -1.96. The van der Waals surface area contributed by atoms with Gasteiger partial charge in [-0.1, -0.05) is 30.3 Å². The maximum atomic E-state index is 4.33. The van der Waals surface area contributed by atoms with E-state index in [0.29, 0.717) is 5.78 Å². The maximum Gasteiger partial charge on any atom is 0.276 e. The second kappa shape index (κ2) is 5.04. The predicted octanol–water partition coefficient (Wildman–Crippen LogP) is 3.54. The number of hydrogen-bond donors (Lipinski definition) is 1. The average Bonchev–Trinajstić information content (AvgIpc) is 3.23. The van der Waals surface area contributed by atoms with Crippen LogP contribution in [0.3, 0.4) is 0 Å². The van der Waals surface area contributed by atoms with Gasteiger partial charge in [-0.25, -0.2) is 4.40 Å². The van der Waals surface area contributed by atoms with Crippen molar-refractivity contribution in [2.24, 2.45) is 0 Å². The molecule has 0 fully saturated rings. The molecule has 1 N–H and O–H groups in total. The van der Waals surface area contributed by atoms with Crippen LogP contribution in [0.1, 0.15) is 0 Å². The lowest BCUT2D eigenvalue weighted by molar-refractivity contribution is 1.01. The highest BCUT2D eigenvalue weighted by atomic mass is 32.2. The summed E-state index contributed by atoms with van der Waals surface area (Å²) in [7, 11) is 0. The molecule has 0 aliphatic rings. The van der Waals surface area contributed by atoms with Crippen molar-refractivity contribution in [3.05, 3.63) is 48.5 Å². The first kappa shape index (κ1) is 13.5. The quantitative estimate of drug-likeness (QED) is 0.501. The van der Waals surface area contributed by atoms with Crippen LogP contribution < -0.4 is 0 Å². The molecular weight excluding hydrogens is 320 g/mol. The largest absolute Gasteiger partial charge is 0.339 e. The Morgan fingerprint density at radius 3 is 2.54 bits per heavy atom. The molecule has 5 aromatic rings. The third kappa shape index (κ3) is 1.85. The van der Waals surface area contributed by atoms with E-state index in [0.717, 1.165) is 33.5 Å². The molecule has 24 heavy (non-hydrogen) atoms. The van der Waals surface area contributed by atoms with Crippen LogP contribution in [0.2, 0.25) is 0 Å². The monoisotopic (exact) mass is 332 g/mol. The smallest absolute Gasteiger partial charge is 0.276 e. The Balaban J connectivity index is 1.85. The van der Waals surface area contributed by atoms with E-state index in [2.05, 4.69) is 55.9 Å². The number of H-pyrrole nitrogens is 1. The molecule has 0 aliphatic heterocycles. The lowest BCUT2D eigenvalue weighted by Gasteiger charge is -2.02. The number of hydrogen-bond acceptors (Lipinski definition) is 5. The van der Waals surface area contributed by atoms with Crippen LogP contribution >= 0.6 is 11.8 Å². The molecule has 7 heteroatoms. The zero-order valence-corrected chi connectivity index (χ0v) is 13.6. The van der Waals surface area contributed by atoms with Gasteiger partial charge in [0.2, 0.25) is 0 Å². The van der Waals surface area contributed by atoms with Gasteiger partial charge in [0.15, 0.2) is 5.82 Å². The fraction of sp³-hybridized carbons (Fsp3) is 0.0588. The van der Waals surface area contributed by atoms with Gasteiger partial charge in [-0.2, -0.15) is 0 Å². The Kier molecular flexibility index (Phi) is 2.83. The molecule has 6 nitrogen and oxygen atoms in total. The third-order valence-electron chi connectivity index (χ3n) is 4.12. The summed E-state index contributed by atoms with van der Waals surface area (Å²) in [5.41, 5.74) is 3.69. The summed E-state index contributed by atoms with van der Waals surface area (Å²) in [6.45, 7) is 0. The molecular formula is C17H12N6S. The van der Waals surface area contributed by atoms with Gasteiger partial charge < -0.3 is 4.98 Å². The first-order valence-corrected chi connectivity index (χ1v) is 8.70. The van der Waals surface area contributed by atoms with Crippen molar-refractivity contribution < 1.29 is 0 Å². The highest BCUT2D eigenvalue weighted by molar-refractivity contribution is 7.98. The van der Waals surface area contributed by atoms with Crippen LogP contribution in [0.25, 0.3) is 39.2 Å². The highest BCUT2D eigenvalue weighted by Gasteiger charge is 2.16. The van der Waals surface area contributed by atoms with E-state index in [4.69, 9.17) is 0 Å². The Morgan fingerprint density at radius 1 is 0.917 bits per heavy atom. The number of fused-ring (bicyclic) bond motifs is 5. The van der Waals surface area contributed by atoms with Crippen molar-refractivity contribution in [2.75, 3.05) is 6.26 Å². The third-order valence-corrected chi connectivity index (χ3v) is 4.86. The van der Waals surface area contributed by atoms with Gasteiger partial charge >= 0.3 is 0 Å². The standard InChI is InChI=1S/C17H12N6S/c1-24-11-8-6-10(7-9-11)15-20-22-17-21-19-14-12-4-2-3-5-13(12)18-16(14)23(15)17/h2-9,18H,1H3. The minimum atomic E-state index is 0.484. The number of benzene rings is 2. The molecule has 0 amide bonds. The molecule has 0 radical (unpaired) electrons. The SMILES string of the molecule is CSc1ccc(-c2nnc3nnc4c5ccccc5[nH]c4n23)cc1. The van der Waals surface area contributed by atoms with E-state index in [9.17, 15) is 0 Å². The number of para-hydroxylation sites is 1. The van der Waals surface area contributed by atoms with E-state index in [1.807, 2.05) is 28.7 Å². The molecule has 0 unspecified atom stereocenters. The molecule has 0 bridgehead atoms. The van der Waals surface area contributed by atoms with Crippen molar-refractivity contribution in [2.45, 2.75) is 4.90 Å². The Hall–Kier alpha value is -2.93. The maximum absolute atomic E-state index is 4.33. The van der Waals surface area contributed by atoms with Gasteiger partial charge in [0, 0.05) is 21.4 Å². The van der Waals surface area contributed by atoms with Crippen LogP contribution in [0.4, 0.5) is 0 Å². The van der Waals surface area contributed by atoms with Crippen molar-refractivity contribution in [1.82, 2.24) is 29.8 Å². The lowest BCUT2D eigenvalue weighted by atomic mass is 10.2. The second-order valence-corrected chi connectivity index (χ2v) is 6.33. The van der Waals surface area contributed by atoms with Crippen LogP contribution in [0.15, 0.2) is 53.4 Å². The van der Waals surface area contributed by atoms with E-state index in [1.54, 1.807) is 11.8 Å². The zero-order valence-electron chi connectivity index (χ0n) is 12.8. The molecule has 116 valence electrons. The van der Waals surface area contributed by atoms with Gasteiger partial charge in [-0.05, 0) is 24.5 Å². The van der Waals surface area contributed by atoms with Gasteiger partial charge in [0.05, 0.1) is 0 Å². The number of rotatable bonds is 2. The van der Waals surface area contributed by atoms with Gasteiger partial charge in [-0.15, -0.1) is 32.2 Å². The van der Waals surface area contributed by atoms with Gasteiger partial charge in [-0.3, -0.25) is 0 Å². The fourth-order valence-electron chi connectivity index (χ4n) is 2.94. The Labute approximate surface area is 140 Å². The molecule has 5 rings (SSSR count). The van der Waals surface area contributed by atoms with E-state index >= 15 is 0 Å². The van der Waals surface area contributed by atoms with Crippen molar-refractivity contribution in [3.63, 3.8) is 0 Å². The molecule has 0 aliphatic carbocycles. The topological polar surface area (TPSA) is 71.8 Å². The Bertz CT molecular complexity index is 1190. The number of thioether (sulfide) groups is 1. The Morgan fingerprint density at radius 2 is 1.71 bits per heavy atom. The number of aromatic nitrogens is 6. The van der Waals surface area contributed by atoms with Crippen LogP contribution in [-0.2, 0) is 0 Å². The van der Waals surface area contributed by atoms with Gasteiger partial charge in [0.1, 0.15) is 11.2 Å². The molecule has 0 saturated heterocycles. The van der Waals surface area contributed by atoms with E-state index in [-0.39, 0.29) is 0 Å². The normalized spacial score (nSPS) is 11.7. The molecule has 0 spiro atoms. The van der Waals surface area contributed by atoms with E-state index in [1.165, 1.54) is 4.90 Å². The van der Waals surface area contributed by atoms with Crippen LogP contribution in [0, 0.1) is 0 Å². The summed E-state index contributed by atoms with van der Waals surface area (Å²) < 4.78 is 1.93. The second-order valence-electron chi connectivity index (χ2n) is 5.46. The molecule has 0 atom stereocenters. The minimum Gasteiger partial charge on any atom is -0.339 e. The molecule has 3 aromatic heterocycles. The summed E-state index contributed by atoms with van der Waals surface area (Å²) in [5, 5.41) is 18.1. The summed E-state index contributed by atoms with van der Waals surface area (Å²) in [4.78, 5) is 4.63. The minimum absolute atomic E-state index is 0.484. The number of aromatic amines is 1. The molecule has 2 aromatic carbocycles. The van der Waals surface area contributed by atoms with Crippen LogP contribution in [-0.4, -0.2) is 36.0 Å². The highest BCUT2D eigenvalue weighted by Crippen LogP contribution is 2.27. The summed E-state index contributed by atoms with van der Waals surface area (Å²) in [6, 6.07) is 16.3. The first-order valence-electron chi connectivity index (χ1n) is 7.48. The molecule has 0 saturated carbocycles. The van der Waals surface area contributed by atoms with E-state index < -0.39 is 0 Å². The molecule has 3 heterocycles. The first-order chi connectivity index (χ1) is 11.8. The zero-order chi connectivity index (χ0) is 16.1. The average molecular weight is 332 g/mol. The number of nitrogens with one attached hydrogen (secondary N) is 1. The van der Waals surface area contributed by atoms with Crippen molar-refractivity contribution >= 4 is 39.6 Å². The summed E-state index contributed by atoms with van der Waals surface area (Å²) >= 11 is 1.71.